The molecule has 0 aliphatic carbocycles. The van der Waals surface area contributed by atoms with Crippen molar-refractivity contribution >= 4 is 17.8 Å². The Kier molecular flexibility index (Phi) is 12.9. The molecule has 26 heavy (non-hydrogen) atoms. The minimum absolute atomic E-state index is 0.00372. The predicted octanol–water partition coefficient (Wildman–Crippen LogP) is 1.47. The minimum atomic E-state index is -0.566. The predicted molar refractivity (Wildman–Crippen MR) is 100 cm³/mol. The van der Waals surface area contributed by atoms with Crippen LogP contribution in [0.3, 0.4) is 0 Å². The third-order valence-electron chi connectivity index (χ3n) is 3.61. The molecule has 0 saturated carbocycles. The van der Waals surface area contributed by atoms with Crippen LogP contribution in [-0.4, -0.2) is 48.2 Å². The van der Waals surface area contributed by atoms with Crippen LogP contribution < -0.4 is 10.6 Å². The van der Waals surface area contributed by atoms with Gasteiger partial charge >= 0.3 is 5.97 Å². The molecule has 0 radical (unpaired) electrons. The third-order valence-corrected chi connectivity index (χ3v) is 3.61. The normalized spacial score (nSPS) is 13.8. The maximum absolute atomic E-state index is 12.4. The summed E-state index contributed by atoms with van der Waals surface area (Å²) in [7, 11) is 0. The second kappa shape index (κ2) is 14.1. The van der Waals surface area contributed by atoms with Crippen LogP contribution >= 0.6 is 0 Å². The number of nitrogens with one attached hydrogen (secondary N) is 2. The van der Waals surface area contributed by atoms with Crippen molar-refractivity contribution in [2.45, 2.75) is 58.0 Å². The van der Waals surface area contributed by atoms with Gasteiger partial charge in [-0.05, 0) is 33.1 Å². The van der Waals surface area contributed by atoms with Crippen molar-refractivity contribution in [3.05, 3.63) is 25.3 Å². The van der Waals surface area contributed by atoms with Crippen molar-refractivity contribution in [1.29, 1.82) is 0 Å². The van der Waals surface area contributed by atoms with E-state index in [0.717, 1.165) is 6.42 Å². The first-order chi connectivity index (χ1) is 12.3. The van der Waals surface area contributed by atoms with Gasteiger partial charge in [0.25, 0.3) is 0 Å². The minimum Gasteiger partial charge on any atom is -0.464 e. The number of hydrogen-bond donors (Lipinski definition) is 3. The average Bonchev–Trinajstić information content (AvgIpc) is 2.59. The highest BCUT2D eigenvalue weighted by Gasteiger charge is 2.23. The highest BCUT2D eigenvalue weighted by atomic mass is 16.5. The zero-order chi connectivity index (χ0) is 19.9. The molecule has 3 unspecified atom stereocenters. The van der Waals surface area contributed by atoms with E-state index in [-0.39, 0.29) is 49.5 Å². The Morgan fingerprint density at radius 2 is 1.81 bits per heavy atom. The Bertz CT molecular complexity index is 479. The molecular formula is C19H32N2O5. The molecule has 0 saturated heterocycles. The van der Waals surface area contributed by atoms with E-state index in [2.05, 4.69) is 23.8 Å². The molecule has 0 rings (SSSR count). The van der Waals surface area contributed by atoms with E-state index in [9.17, 15) is 14.4 Å². The van der Waals surface area contributed by atoms with Gasteiger partial charge in [0, 0.05) is 18.9 Å². The summed E-state index contributed by atoms with van der Waals surface area (Å²) in [6, 6.07) is -0.730. The molecule has 3 N–H and O–H groups in total. The van der Waals surface area contributed by atoms with Crippen molar-refractivity contribution < 1.29 is 24.2 Å². The number of allylic oxidation sites excluding steroid dienone is 2. The Hall–Kier alpha value is -2.15. The molecule has 0 aromatic carbocycles. The van der Waals surface area contributed by atoms with E-state index in [4.69, 9.17) is 9.84 Å². The number of esters is 1. The van der Waals surface area contributed by atoms with Crippen molar-refractivity contribution in [3.63, 3.8) is 0 Å². The maximum atomic E-state index is 12.4. The van der Waals surface area contributed by atoms with Crippen molar-refractivity contribution in [2.75, 3.05) is 13.2 Å². The fourth-order valence-electron chi connectivity index (χ4n) is 2.17. The van der Waals surface area contributed by atoms with Gasteiger partial charge in [0.2, 0.25) is 11.8 Å². The Balaban J connectivity index is 4.37. The van der Waals surface area contributed by atoms with E-state index in [1.165, 1.54) is 0 Å². The summed E-state index contributed by atoms with van der Waals surface area (Å²) in [6.45, 7) is 10.5. The van der Waals surface area contributed by atoms with Crippen LogP contribution in [0.15, 0.2) is 25.3 Å². The summed E-state index contributed by atoms with van der Waals surface area (Å²) in [4.78, 5) is 35.8. The smallest absolute Gasteiger partial charge is 0.305 e. The molecule has 0 aliphatic rings. The lowest BCUT2D eigenvalue weighted by Gasteiger charge is -2.20. The molecule has 7 heteroatoms. The lowest BCUT2D eigenvalue weighted by Crippen LogP contribution is -2.42. The number of rotatable bonds is 14. The second-order valence-electron chi connectivity index (χ2n) is 6.35. The van der Waals surface area contributed by atoms with Gasteiger partial charge in [0.1, 0.15) is 6.61 Å². The number of ether oxygens (including phenoxy) is 1. The second-order valence-corrected chi connectivity index (χ2v) is 6.35. The van der Waals surface area contributed by atoms with Crippen LogP contribution in [0.4, 0.5) is 0 Å². The van der Waals surface area contributed by atoms with E-state index in [1.54, 1.807) is 26.0 Å². The van der Waals surface area contributed by atoms with Gasteiger partial charge in [-0.15, -0.1) is 13.2 Å². The average molecular weight is 368 g/mol. The molecular weight excluding hydrogens is 336 g/mol. The molecule has 7 nitrogen and oxygen atoms in total. The molecule has 3 atom stereocenters. The summed E-state index contributed by atoms with van der Waals surface area (Å²) in [5.41, 5.74) is 0. The van der Waals surface area contributed by atoms with E-state index in [1.807, 2.05) is 0 Å². The summed E-state index contributed by atoms with van der Waals surface area (Å²) in [6.07, 6.45) is 5.42. The molecule has 148 valence electrons. The van der Waals surface area contributed by atoms with Crippen LogP contribution in [0.2, 0.25) is 0 Å². The zero-order valence-electron chi connectivity index (χ0n) is 15.8. The van der Waals surface area contributed by atoms with Gasteiger partial charge in [-0.1, -0.05) is 12.2 Å². The Labute approximate surface area is 155 Å². The quantitative estimate of drug-likeness (QED) is 0.245. The number of aliphatic hydroxyl groups is 1. The molecule has 0 aromatic heterocycles. The van der Waals surface area contributed by atoms with Gasteiger partial charge in [-0.2, -0.15) is 0 Å². The highest BCUT2D eigenvalue weighted by Crippen LogP contribution is 2.10. The molecule has 0 aliphatic heterocycles. The number of unbranched alkanes of at least 4 members (excludes halogenated alkanes) is 1. The van der Waals surface area contributed by atoms with Crippen LogP contribution in [0.25, 0.3) is 0 Å². The Morgan fingerprint density at radius 1 is 1.12 bits per heavy atom. The topological polar surface area (TPSA) is 105 Å². The van der Waals surface area contributed by atoms with Crippen LogP contribution in [0, 0.1) is 5.92 Å². The fraction of sp³-hybridized carbons (Fsp3) is 0.632. The molecule has 0 bridgehead atoms. The van der Waals surface area contributed by atoms with E-state index in [0.29, 0.717) is 19.3 Å². The monoisotopic (exact) mass is 368 g/mol. The zero-order valence-corrected chi connectivity index (χ0v) is 15.8. The summed E-state index contributed by atoms with van der Waals surface area (Å²) in [5.74, 6) is -1.49. The fourth-order valence-corrected chi connectivity index (χ4v) is 2.17. The number of carbonyl (C=O) groups is 3. The van der Waals surface area contributed by atoms with Crippen LogP contribution in [0.5, 0.6) is 0 Å². The summed E-state index contributed by atoms with van der Waals surface area (Å²) >= 11 is 0. The molecule has 0 spiro atoms. The maximum Gasteiger partial charge on any atom is 0.305 e. The van der Waals surface area contributed by atoms with E-state index < -0.39 is 5.92 Å². The van der Waals surface area contributed by atoms with Crippen LogP contribution in [-0.2, 0) is 19.1 Å². The molecule has 2 amide bonds. The first-order valence-corrected chi connectivity index (χ1v) is 8.92. The molecule has 0 aromatic rings. The largest absolute Gasteiger partial charge is 0.464 e. The lowest BCUT2D eigenvalue weighted by atomic mass is 9.99. The standard InChI is InChI=1S/C19H32N2O5/c1-5-7-8-10-18(24)26-13-15(4)21-19(25)16(9-6-2)11-17(23)20-14(3)12-22/h5-6,14-16,22H,1-2,7-13H2,3-4H3,(H,20,23)(H,21,25). The van der Waals surface area contributed by atoms with Crippen LogP contribution in [0.1, 0.15) is 46.0 Å². The number of hydrogen-bond acceptors (Lipinski definition) is 5. The summed E-state index contributed by atoms with van der Waals surface area (Å²) < 4.78 is 5.12. The van der Waals surface area contributed by atoms with Gasteiger partial charge in [-0.25, -0.2) is 0 Å². The third kappa shape index (κ3) is 11.4. The summed E-state index contributed by atoms with van der Waals surface area (Å²) in [5, 5.41) is 14.3. The van der Waals surface area contributed by atoms with Gasteiger partial charge in [0.15, 0.2) is 0 Å². The van der Waals surface area contributed by atoms with Crippen molar-refractivity contribution in [2.24, 2.45) is 5.92 Å². The van der Waals surface area contributed by atoms with Crippen molar-refractivity contribution in [3.8, 4) is 0 Å². The van der Waals surface area contributed by atoms with Crippen molar-refractivity contribution in [1.82, 2.24) is 10.6 Å². The van der Waals surface area contributed by atoms with Gasteiger partial charge < -0.3 is 20.5 Å². The molecule has 0 heterocycles. The highest BCUT2D eigenvalue weighted by molar-refractivity contribution is 5.86. The Morgan fingerprint density at radius 3 is 2.38 bits per heavy atom. The van der Waals surface area contributed by atoms with Gasteiger partial charge in [0.05, 0.1) is 18.6 Å². The van der Waals surface area contributed by atoms with E-state index >= 15 is 0 Å². The molecule has 0 fully saturated rings. The SMILES string of the molecule is C=CCCCC(=O)OCC(C)NC(=O)C(CC=C)CC(=O)NC(C)CO. The number of carbonyl (C=O) groups excluding carboxylic acids is 3. The number of amides is 2. The number of aliphatic hydroxyl groups excluding tert-OH is 1. The van der Waals surface area contributed by atoms with Gasteiger partial charge in [-0.3, -0.25) is 14.4 Å². The first-order valence-electron chi connectivity index (χ1n) is 8.92. The first kappa shape index (κ1) is 23.9. The lowest BCUT2D eigenvalue weighted by molar-refractivity contribution is -0.145.